The van der Waals surface area contributed by atoms with E-state index in [9.17, 15) is 20.0 Å². The lowest BCUT2D eigenvalue weighted by Crippen LogP contribution is -2.24. The summed E-state index contributed by atoms with van der Waals surface area (Å²) in [5.41, 5.74) is 2.24. The fraction of sp³-hybridized carbons (Fsp3) is 0.125. The zero-order valence-electron chi connectivity index (χ0n) is 13.8. The van der Waals surface area contributed by atoms with Crippen molar-refractivity contribution in [3.05, 3.63) is 55.0 Å². The summed E-state index contributed by atoms with van der Waals surface area (Å²) in [6.45, 7) is -0.475. The van der Waals surface area contributed by atoms with Gasteiger partial charge in [0.25, 0.3) is 5.91 Å². The van der Waals surface area contributed by atoms with Crippen LogP contribution >= 0.6 is 31.9 Å². The average Bonchev–Trinajstić information content (AvgIpc) is 2.65. The van der Waals surface area contributed by atoms with Crippen LogP contribution in [0.5, 0.6) is 17.2 Å². The Labute approximate surface area is 170 Å². The first-order valence-corrected chi connectivity index (χ1v) is 8.86. The number of nitro benzene ring substituents is 1. The molecule has 0 spiro atoms. The van der Waals surface area contributed by atoms with Gasteiger partial charge in [-0.05, 0) is 44.0 Å². The Morgan fingerprint density at radius 1 is 1.37 bits per heavy atom. The van der Waals surface area contributed by atoms with Crippen LogP contribution in [0.4, 0.5) is 5.69 Å². The number of amides is 1. The van der Waals surface area contributed by atoms with Crippen molar-refractivity contribution in [2.45, 2.75) is 0 Å². The van der Waals surface area contributed by atoms with Gasteiger partial charge in [-0.2, -0.15) is 5.10 Å². The number of hydrogen-bond donors (Lipinski definition) is 2. The molecule has 2 aromatic rings. The summed E-state index contributed by atoms with van der Waals surface area (Å²) in [6, 6.07) is 7.27. The van der Waals surface area contributed by atoms with Crippen molar-refractivity contribution in [2.75, 3.05) is 13.7 Å². The SMILES string of the molecule is COc1cc(Br)c(Br)c(/C=N/NC(=O)COc2ccccc2[N+](=O)[O-])c1O. The molecule has 0 aromatic heterocycles. The predicted octanol–water partition coefficient (Wildman–Crippen LogP) is 3.36. The average molecular weight is 503 g/mol. The van der Waals surface area contributed by atoms with Crippen LogP contribution in [-0.4, -0.2) is 35.9 Å². The number of phenolic OH excluding ortho intramolecular Hbond substituents is 1. The molecule has 0 aliphatic carbocycles. The van der Waals surface area contributed by atoms with Gasteiger partial charge in [-0.15, -0.1) is 0 Å². The zero-order chi connectivity index (χ0) is 20.0. The first-order chi connectivity index (χ1) is 12.8. The van der Waals surface area contributed by atoms with E-state index in [1.807, 2.05) is 0 Å². The molecule has 142 valence electrons. The third-order valence-electron chi connectivity index (χ3n) is 3.22. The molecule has 0 saturated heterocycles. The summed E-state index contributed by atoms with van der Waals surface area (Å²) in [5.74, 6) is -0.611. The molecular formula is C16H13Br2N3O6. The zero-order valence-corrected chi connectivity index (χ0v) is 17.0. The van der Waals surface area contributed by atoms with E-state index < -0.39 is 17.4 Å². The number of carbonyl (C=O) groups is 1. The van der Waals surface area contributed by atoms with Crippen LogP contribution in [0.3, 0.4) is 0 Å². The van der Waals surface area contributed by atoms with Gasteiger partial charge in [-0.3, -0.25) is 14.9 Å². The number of ether oxygens (including phenoxy) is 2. The molecule has 0 saturated carbocycles. The topological polar surface area (TPSA) is 123 Å². The van der Waals surface area contributed by atoms with Crippen LogP contribution in [0.2, 0.25) is 0 Å². The van der Waals surface area contributed by atoms with Crippen LogP contribution in [-0.2, 0) is 4.79 Å². The van der Waals surface area contributed by atoms with E-state index in [0.29, 0.717) is 8.95 Å². The number of hydrogen-bond acceptors (Lipinski definition) is 7. The molecule has 11 heteroatoms. The number of para-hydroxylation sites is 2. The van der Waals surface area contributed by atoms with E-state index in [1.54, 1.807) is 12.1 Å². The van der Waals surface area contributed by atoms with E-state index in [0.717, 1.165) is 0 Å². The fourth-order valence-electron chi connectivity index (χ4n) is 1.96. The Hall–Kier alpha value is -2.66. The third-order valence-corrected chi connectivity index (χ3v) is 5.23. The van der Waals surface area contributed by atoms with Gasteiger partial charge in [0.05, 0.1) is 23.8 Å². The number of methoxy groups -OCH3 is 1. The van der Waals surface area contributed by atoms with Gasteiger partial charge in [0.2, 0.25) is 0 Å². The highest BCUT2D eigenvalue weighted by Crippen LogP contribution is 2.39. The van der Waals surface area contributed by atoms with E-state index in [2.05, 4.69) is 42.4 Å². The molecule has 0 unspecified atom stereocenters. The van der Waals surface area contributed by atoms with Crippen molar-refractivity contribution in [1.82, 2.24) is 5.43 Å². The number of aromatic hydroxyl groups is 1. The van der Waals surface area contributed by atoms with Gasteiger partial charge >= 0.3 is 5.69 Å². The lowest BCUT2D eigenvalue weighted by atomic mass is 10.2. The van der Waals surface area contributed by atoms with Crippen LogP contribution < -0.4 is 14.9 Å². The maximum atomic E-state index is 11.8. The summed E-state index contributed by atoms with van der Waals surface area (Å²) in [5, 5.41) is 24.8. The lowest BCUT2D eigenvalue weighted by molar-refractivity contribution is -0.385. The van der Waals surface area contributed by atoms with Crippen molar-refractivity contribution >= 4 is 49.7 Å². The van der Waals surface area contributed by atoms with Crippen LogP contribution in [0.25, 0.3) is 0 Å². The Morgan fingerprint density at radius 2 is 2.07 bits per heavy atom. The minimum atomic E-state index is -0.637. The molecular weight excluding hydrogens is 490 g/mol. The van der Waals surface area contributed by atoms with Crippen LogP contribution in [0, 0.1) is 10.1 Å². The van der Waals surface area contributed by atoms with E-state index in [-0.39, 0.29) is 28.5 Å². The molecule has 0 fully saturated rings. The molecule has 0 bridgehead atoms. The van der Waals surface area contributed by atoms with Crippen molar-refractivity contribution < 1.29 is 24.3 Å². The van der Waals surface area contributed by atoms with E-state index >= 15 is 0 Å². The quantitative estimate of drug-likeness (QED) is 0.340. The normalized spacial score (nSPS) is 10.6. The van der Waals surface area contributed by atoms with Crippen molar-refractivity contribution in [2.24, 2.45) is 5.10 Å². The van der Waals surface area contributed by atoms with Gasteiger partial charge in [0.1, 0.15) is 0 Å². The molecule has 0 radical (unpaired) electrons. The smallest absolute Gasteiger partial charge is 0.310 e. The number of nitrogens with one attached hydrogen (secondary N) is 1. The molecule has 9 nitrogen and oxygen atoms in total. The highest BCUT2D eigenvalue weighted by molar-refractivity contribution is 9.13. The van der Waals surface area contributed by atoms with Crippen molar-refractivity contribution in [1.29, 1.82) is 0 Å². The minimum absolute atomic E-state index is 0.0289. The summed E-state index contributed by atoms with van der Waals surface area (Å²) >= 11 is 6.59. The highest BCUT2D eigenvalue weighted by atomic mass is 79.9. The Morgan fingerprint density at radius 3 is 2.74 bits per heavy atom. The van der Waals surface area contributed by atoms with E-state index in [4.69, 9.17) is 9.47 Å². The summed E-state index contributed by atoms with van der Waals surface area (Å²) in [6.07, 6.45) is 1.22. The molecule has 2 N–H and O–H groups in total. The molecule has 0 atom stereocenters. The number of carbonyl (C=O) groups excluding carboxylic acids is 1. The predicted molar refractivity (Wildman–Crippen MR) is 104 cm³/mol. The monoisotopic (exact) mass is 501 g/mol. The maximum Gasteiger partial charge on any atom is 0.310 e. The standard InChI is InChI=1S/C16H13Br2N3O6/c1-26-13-6-10(17)15(18)9(16(13)23)7-19-20-14(22)8-27-12-5-3-2-4-11(12)21(24)25/h2-7,23H,8H2,1H3,(H,20,22)/b19-7+. The van der Waals surface area contributed by atoms with Crippen molar-refractivity contribution in [3.8, 4) is 17.2 Å². The molecule has 27 heavy (non-hydrogen) atoms. The van der Waals surface area contributed by atoms with Gasteiger partial charge in [-0.25, -0.2) is 5.43 Å². The second-order valence-corrected chi connectivity index (χ2v) is 6.59. The maximum absolute atomic E-state index is 11.8. The number of benzene rings is 2. The number of hydrazone groups is 1. The largest absolute Gasteiger partial charge is 0.504 e. The second-order valence-electron chi connectivity index (χ2n) is 4.94. The van der Waals surface area contributed by atoms with Crippen molar-refractivity contribution in [3.63, 3.8) is 0 Å². The molecule has 1 amide bonds. The fourth-order valence-corrected chi connectivity index (χ4v) is 2.79. The summed E-state index contributed by atoms with van der Waals surface area (Å²) < 4.78 is 11.3. The number of rotatable bonds is 7. The summed E-state index contributed by atoms with van der Waals surface area (Å²) in [4.78, 5) is 22.1. The summed E-state index contributed by atoms with van der Waals surface area (Å²) in [7, 11) is 1.40. The lowest BCUT2D eigenvalue weighted by Gasteiger charge is -2.09. The number of halogens is 2. The molecule has 2 rings (SSSR count). The highest BCUT2D eigenvalue weighted by Gasteiger charge is 2.16. The molecule has 0 heterocycles. The molecule has 0 aliphatic heterocycles. The molecule has 2 aromatic carbocycles. The Kier molecular flexibility index (Phi) is 7.13. The Bertz CT molecular complexity index is 904. The van der Waals surface area contributed by atoms with Gasteiger partial charge in [-0.1, -0.05) is 12.1 Å². The van der Waals surface area contributed by atoms with Gasteiger partial charge < -0.3 is 14.6 Å². The number of nitro groups is 1. The van der Waals surface area contributed by atoms with Crippen LogP contribution in [0.1, 0.15) is 5.56 Å². The van der Waals surface area contributed by atoms with Crippen LogP contribution in [0.15, 0.2) is 44.4 Å². The molecule has 0 aliphatic rings. The number of phenols is 1. The third kappa shape index (κ3) is 5.17. The van der Waals surface area contributed by atoms with Gasteiger partial charge in [0.15, 0.2) is 23.9 Å². The van der Waals surface area contributed by atoms with E-state index in [1.165, 1.54) is 31.5 Å². The minimum Gasteiger partial charge on any atom is -0.504 e. The first-order valence-electron chi connectivity index (χ1n) is 7.28. The number of nitrogens with zero attached hydrogens (tertiary/aromatic N) is 2. The van der Waals surface area contributed by atoms with Gasteiger partial charge in [0, 0.05) is 15.0 Å². The first kappa shape index (κ1) is 20.6. The second kappa shape index (κ2) is 9.33. The Balaban J connectivity index is 2.03.